The molecule has 2 N–H and O–H groups in total. The summed E-state index contributed by atoms with van der Waals surface area (Å²) in [6, 6.07) is 15.6. The first-order valence-electron chi connectivity index (χ1n) is 8.96. The molecule has 2 aromatic rings. The number of aliphatic hydroxyl groups excluding tert-OH is 1. The summed E-state index contributed by atoms with van der Waals surface area (Å²) in [5.41, 5.74) is 3.00. The third-order valence-electron chi connectivity index (χ3n) is 5.56. The Balaban J connectivity index is 1.62. The first kappa shape index (κ1) is 16.8. The molecule has 0 bridgehead atoms. The van der Waals surface area contributed by atoms with Gasteiger partial charge in [0.2, 0.25) is 5.91 Å². The van der Waals surface area contributed by atoms with Crippen molar-refractivity contribution in [3.63, 3.8) is 0 Å². The summed E-state index contributed by atoms with van der Waals surface area (Å²) in [4.78, 5) is 27.0. The van der Waals surface area contributed by atoms with Crippen molar-refractivity contribution in [2.75, 3.05) is 13.1 Å². The van der Waals surface area contributed by atoms with Crippen LogP contribution in [0.1, 0.15) is 28.8 Å². The second-order valence-electron chi connectivity index (χ2n) is 7.20. The van der Waals surface area contributed by atoms with Crippen molar-refractivity contribution in [2.45, 2.75) is 31.4 Å². The molecule has 5 heteroatoms. The number of hydrogen-bond donors (Lipinski definition) is 2. The van der Waals surface area contributed by atoms with Crippen LogP contribution in [0, 0.1) is 6.92 Å². The maximum atomic E-state index is 13.0. The molecule has 0 aromatic heterocycles. The lowest BCUT2D eigenvalue weighted by Gasteiger charge is -2.32. The van der Waals surface area contributed by atoms with E-state index in [1.165, 1.54) is 5.56 Å². The number of carbonyl (C=O) groups excluding carboxylic acids is 2. The molecule has 2 fully saturated rings. The van der Waals surface area contributed by atoms with Crippen molar-refractivity contribution in [3.8, 4) is 11.1 Å². The SMILES string of the molecule is Cc1ccccc1-c1ccc(C(=O)N2C[C@H](O)C[C@]23CCNC3=O)cc1. The van der Waals surface area contributed by atoms with Crippen LogP contribution in [0.15, 0.2) is 48.5 Å². The molecule has 2 aromatic carbocycles. The van der Waals surface area contributed by atoms with Crippen molar-refractivity contribution >= 4 is 11.8 Å². The molecule has 4 rings (SSSR count). The lowest BCUT2D eigenvalue weighted by molar-refractivity contribution is -0.127. The normalized spacial score (nSPS) is 24.9. The quantitative estimate of drug-likeness (QED) is 0.872. The largest absolute Gasteiger partial charge is 0.391 e. The number of β-amino-alcohol motifs (C(OH)–C–C–N with tert-alkyl or cyclic N) is 1. The maximum Gasteiger partial charge on any atom is 0.254 e. The fraction of sp³-hybridized carbons (Fsp3) is 0.333. The van der Waals surface area contributed by atoms with Crippen LogP contribution in [0.5, 0.6) is 0 Å². The minimum Gasteiger partial charge on any atom is -0.391 e. The summed E-state index contributed by atoms with van der Waals surface area (Å²) in [5, 5.41) is 12.9. The Labute approximate surface area is 152 Å². The molecule has 134 valence electrons. The minimum atomic E-state index is -0.898. The van der Waals surface area contributed by atoms with Gasteiger partial charge in [0.05, 0.1) is 6.10 Å². The number of amides is 2. The molecular weight excluding hydrogens is 328 g/mol. The van der Waals surface area contributed by atoms with E-state index >= 15 is 0 Å². The number of likely N-dealkylation sites (tertiary alicyclic amines) is 1. The molecule has 0 unspecified atom stereocenters. The smallest absolute Gasteiger partial charge is 0.254 e. The van der Waals surface area contributed by atoms with Crippen LogP contribution in [0.25, 0.3) is 11.1 Å². The van der Waals surface area contributed by atoms with E-state index in [2.05, 4.69) is 24.4 Å². The summed E-state index contributed by atoms with van der Waals surface area (Å²) in [6.45, 7) is 2.80. The molecule has 5 nitrogen and oxygen atoms in total. The molecule has 2 heterocycles. The number of hydrogen-bond acceptors (Lipinski definition) is 3. The second kappa shape index (κ2) is 6.25. The van der Waals surface area contributed by atoms with Gasteiger partial charge in [-0.1, -0.05) is 36.4 Å². The zero-order valence-corrected chi connectivity index (χ0v) is 14.7. The fourth-order valence-electron chi connectivity index (χ4n) is 4.19. The highest BCUT2D eigenvalue weighted by Gasteiger charge is 2.55. The number of carbonyl (C=O) groups is 2. The van der Waals surface area contributed by atoms with Gasteiger partial charge in [-0.25, -0.2) is 0 Å². The van der Waals surface area contributed by atoms with Crippen molar-refractivity contribution in [2.24, 2.45) is 0 Å². The average molecular weight is 350 g/mol. The Hall–Kier alpha value is -2.66. The highest BCUT2D eigenvalue weighted by molar-refractivity contribution is 6.01. The van der Waals surface area contributed by atoms with Crippen LogP contribution >= 0.6 is 0 Å². The summed E-state index contributed by atoms with van der Waals surface area (Å²) in [6.07, 6.45) is 0.205. The topological polar surface area (TPSA) is 69.6 Å². The van der Waals surface area contributed by atoms with Crippen LogP contribution in [0.3, 0.4) is 0 Å². The molecule has 0 aliphatic carbocycles. The van der Waals surface area contributed by atoms with Crippen LogP contribution < -0.4 is 5.32 Å². The molecule has 2 aliphatic heterocycles. The van der Waals surface area contributed by atoms with E-state index in [1.54, 1.807) is 17.0 Å². The number of aryl methyl sites for hydroxylation is 1. The zero-order chi connectivity index (χ0) is 18.3. The molecular formula is C21H22N2O3. The molecule has 1 spiro atoms. The van der Waals surface area contributed by atoms with Gasteiger partial charge in [-0.05, 0) is 42.2 Å². The predicted octanol–water partition coefficient (Wildman–Crippen LogP) is 2.13. The summed E-state index contributed by atoms with van der Waals surface area (Å²) < 4.78 is 0. The molecule has 2 aliphatic rings. The first-order chi connectivity index (χ1) is 12.5. The number of nitrogens with zero attached hydrogens (tertiary/aromatic N) is 1. The third-order valence-corrected chi connectivity index (χ3v) is 5.56. The van der Waals surface area contributed by atoms with Crippen molar-refractivity contribution in [1.82, 2.24) is 10.2 Å². The molecule has 0 radical (unpaired) electrons. The van der Waals surface area contributed by atoms with Crippen molar-refractivity contribution in [1.29, 1.82) is 0 Å². The summed E-state index contributed by atoms with van der Waals surface area (Å²) in [5.74, 6) is -0.353. The van der Waals surface area contributed by atoms with E-state index in [4.69, 9.17) is 0 Å². The Morgan fingerprint density at radius 3 is 2.58 bits per heavy atom. The Bertz CT molecular complexity index is 862. The van der Waals surface area contributed by atoms with E-state index in [0.717, 1.165) is 11.1 Å². The number of rotatable bonds is 2. The first-order valence-corrected chi connectivity index (χ1v) is 8.96. The monoisotopic (exact) mass is 350 g/mol. The Kier molecular flexibility index (Phi) is 4.04. The zero-order valence-electron chi connectivity index (χ0n) is 14.7. The van der Waals surface area contributed by atoms with Crippen LogP contribution in [-0.4, -0.2) is 46.6 Å². The van der Waals surface area contributed by atoms with E-state index in [0.29, 0.717) is 24.9 Å². The average Bonchev–Trinajstić information content (AvgIpc) is 3.18. The third kappa shape index (κ3) is 2.59. The van der Waals surface area contributed by atoms with E-state index in [9.17, 15) is 14.7 Å². The van der Waals surface area contributed by atoms with Crippen LogP contribution in [-0.2, 0) is 4.79 Å². The molecule has 2 saturated heterocycles. The van der Waals surface area contributed by atoms with Gasteiger partial charge >= 0.3 is 0 Å². The van der Waals surface area contributed by atoms with Crippen molar-refractivity contribution < 1.29 is 14.7 Å². The lowest BCUT2D eigenvalue weighted by atomic mass is 9.93. The van der Waals surface area contributed by atoms with Gasteiger partial charge in [0, 0.05) is 25.1 Å². The number of aliphatic hydroxyl groups is 1. The Morgan fingerprint density at radius 2 is 1.92 bits per heavy atom. The van der Waals surface area contributed by atoms with Gasteiger partial charge in [-0.3, -0.25) is 9.59 Å². The van der Waals surface area contributed by atoms with E-state index in [-0.39, 0.29) is 18.4 Å². The van der Waals surface area contributed by atoms with Gasteiger partial charge < -0.3 is 15.3 Å². The van der Waals surface area contributed by atoms with Gasteiger partial charge in [-0.2, -0.15) is 0 Å². The van der Waals surface area contributed by atoms with E-state index in [1.807, 2.05) is 24.3 Å². The molecule has 26 heavy (non-hydrogen) atoms. The minimum absolute atomic E-state index is 0.154. The lowest BCUT2D eigenvalue weighted by Crippen LogP contribution is -2.52. The predicted molar refractivity (Wildman–Crippen MR) is 98.6 cm³/mol. The summed E-state index contributed by atoms with van der Waals surface area (Å²) in [7, 11) is 0. The number of benzene rings is 2. The summed E-state index contributed by atoms with van der Waals surface area (Å²) >= 11 is 0. The number of nitrogens with one attached hydrogen (secondary N) is 1. The van der Waals surface area contributed by atoms with Crippen molar-refractivity contribution in [3.05, 3.63) is 59.7 Å². The van der Waals surface area contributed by atoms with Gasteiger partial charge in [0.1, 0.15) is 5.54 Å². The molecule has 0 saturated carbocycles. The van der Waals surface area contributed by atoms with Crippen LogP contribution in [0.2, 0.25) is 0 Å². The van der Waals surface area contributed by atoms with E-state index < -0.39 is 11.6 Å². The highest BCUT2D eigenvalue weighted by atomic mass is 16.3. The Morgan fingerprint density at radius 1 is 1.19 bits per heavy atom. The second-order valence-corrected chi connectivity index (χ2v) is 7.20. The van der Waals surface area contributed by atoms with Gasteiger partial charge in [0.15, 0.2) is 0 Å². The van der Waals surface area contributed by atoms with Gasteiger partial charge in [0.25, 0.3) is 5.91 Å². The van der Waals surface area contributed by atoms with Crippen LogP contribution in [0.4, 0.5) is 0 Å². The van der Waals surface area contributed by atoms with Gasteiger partial charge in [-0.15, -0.1) is 0 Å². The standard InChI is InChI=1S/C21H22N2O3/c1-14-4-2-3-5-18(14)15-6-8-16(9-7-15)19(25)23-13-17(24)12-21(23)10-11-22-20(21)26/h2-9,17,24H,10-13H2,1H3,(H,22,26)/t17-,21+/m1/s1. The highest BCUT2D eigenvalue weighted by Crippen LogP contribution is 2.37. The molecule has 2 atom stereocenters. The maximum absolute atomic E-state index is 13.0. The molecule has 2 amide bonds. The fourth-order valence-corrected chi connectivity index (χ4v) is 4.19.